The smallest absolute Gasteiger partial charge is 0.246 e. The number of anilines is 2. The number of aryl methyl sites for hydroxylation is 1. The van der Waals surface area contributed by atoms with Crippen molar-refractivity contribution in [2.24, 2.45) is 13.0 Å². The maximum Gasteiger partial charge on any atom is 0.246 e. The molecule has 0 bridgehead atoms. The monoisotopic (exact) mass is 431 g/mol. The maximum atomic E-state index is 12.0. The second-order valence-corrected chi connectivity index (χ2v) is 7.44. The molecule has 0 aromatic carbocycles. The van der Waals surface area contributed by atoms with Gasteiger partial charge in [0.05, 0.1) is 35.0 Å². The second-order valence-electron chi connectivity index (χ2n) is 7.03. The molecule has 1 fully saturated rings. The molecule has 4 rings (SSSR count). The van der Waals surface area contributed by atoms with Gasteiger partial charge in [-0.25, -0.2) is 0 Å². The Morgan fingerprint density at radius 2 is 2.30 bits per heavy atom. The van der Waals surface area contributed by atoms with Gasteiger partial charge in [0.25, 0.3) is 0 Å². The van der Waals surface area contributed by atoms with Crippen molar-refractivity contribution in [1.29, 1.82) is 0 Å². The largest absolute Gasteiger partial charge is 0.477 e. The predicted molar refractivity (Wildman–Crippen MR) is 112 cm³/mol. The highest BCUT2D eigenvalue weighted by atomic mass is 35.5. The first-order chi connectivity index (χ1) is 14.5. The van der Waals surface area contributed by atoms with Gasteiger partial charge in [0.2, 0.25) is 17.7 Å². The van der Waals surface area contributed by atoms with Gasteiger partial charge >= 0.3 is 0 Å². The standard InChI is InChI=1S/C19H22ClN7O3/c1-4-15(28)27-7-11(14(9-27)29-3)10-30-18-16-13(20)6-21-17(16)24-19(25-18)23-12-5-22-26(2)8-12/h4-6,8,11,14H,1,7,9-10H2,2-3H3,(H2,21,23,24,25)/t11-,14+/m1/s1. The first kappa shape index (κ1) is 20.2. The molecule has 1 aliphatic heterocycles. The van der Waals surface area contributed by atoms with Crippen molar-refractivity contribution >= 4 is 40.2 Å². The van der Waals surface area contributed by atoms with E-state index in [9.17, 15) is 4.79 Å². The summed E-state index contributed by atoms with van der Waals surface area (Å²) in [7, 11) is 3.45. The first-order valence-corrected chi connectivity index (χ1v) is 9.73. The van der Waals surface area contributed by atoms with Gasteiger partial charge in [-0.15, -0.1) is 0 Å². The number of carbonyl (C=O) groups excluding carboxylic acids is 1. The number of fused-ring (bicyclic) bond motifs is 1. The number of aromatic amines is 1. The van der Waals surface area contributed by atoms with Crippen molar-refractivity contribution in [3.05, 3.63) is 36.3 Å². The zero-order chi connectivity index (χ0) is 21.3. The summed E-state index contributed by atoms with van der Waals surface area (Å²) >= 11 is 6.31. The van der Waals surface area contributed by atoms with Crippen LogP contribution in [0.3, 0.4) is 0 Å². The maximum absolute atomic E-state index is 12.0. The lowest BCUT2D eigenvalue weighted by atomic mass is 10.1. The lowest BCUT2D eigenvalue weighted by Gasteiger charge is -2.17. The molecule has 2 atom stereocenters. The predicted octanol–water partition coefficient (Wildman–Crippen LogP) is 2.13. The Bertz CT molecular complexity index is 1080. The summed E-state index contributed by atoms with van der Waals surface area (Å²) in [4.78, 5) is 25.6. The van der Waals surface area contributed by atoms with Crippen LogP contribution < -0.4 is 10.1 Å². The molecule has 2 N–H and O–H groups in total. The van der Waals surface area contributed by atoms with Crippen LogP contribution in [-0.2, 0) is 16.6 Å². The van der Waals surface area contributed by atoms with Crippen molar-refractivity contribution in [3.63, 3.8) is 0 Å². The number of hydrogen-bond acceptors (Lipinski definition) is 7. The number of ether oxygens (including phenoxy) is 2. The van der Waals surface area contributed by atoms with E-state index in [4.69, 9.17) is 21.1 Å². The Balaban J connectivity index is 1.56. The van der Waals surface area contributed by atoms with Gasteiger partial charge in [0.1, 0.15) is 5.65 Å². The molecule has 1 aliphatic rings. The fourth-order valence-electron chi connectivity index (χ4n) is 3.50. The van der Waals surface area contributed by atoms with E-state index in [1.807, 2.05) is 13.2 Å². The molecule has 0 aliphatic carbocycles. The first-order valence-electron chi connectivity index (χ1n) is 9.35. The van der Waals surface area contributed by atoms with Crippen LogP contribution in [-0.4, -0.2) is 68.4 Å². The quantitative estimate of drug-likeness (QED) is 0.551. The van der Waals surface area contributed by atoms with Gasteiger partial charge in [-0.3, -0.25) is 9.48 Å². The minimum Gasteiger partial charge on any atom is -0.477 e. The minimum atomic E-state index is -0.138. The molecule has 0 unspecified atom stereocenters. The Labute approximate surface area is 177 Å². The van der Waals surface area contributed by atoms with Gasteiger partial charge in [-0.2, -0.15) is 15.1 Å². The van der Waals surface area contributed by atoms with Gasteiger partial charge < -0.3 is 24.7 Å². The average molecular weight is 432 g/mol. The van der Waals surface area contributed by atoms with Crippen LogP contribution in [0.2, 0.25) is 5.02 Å². The van der Waals surface area contributed by atoms with E-state index in [2.05, 4.69) is 31.9 Å². The molecular weight excluding hydrogens is 410 g/mol. The van der Waals surface area contributed by atoms with E-state index in [1.54, 1.807) is 29.1 Å². The summed E-state index contributed by atoms with van der Waals surface area (Å²) in [5.74, 6) is 0.556. The van der Waals surface area contributed by atoms with E-state index >= 15 is 0 Å². The fourth-order valence-corrected chi connectivity index (χ4v) is 3.73. The fraction of sp³-hybridized carbons (Fsp3) is 0.368. The van der Waals surface area contributed by atoms with Gasteiger partial charge in [-0.05, 0) is 6.08 Å². The third-order valence-corrected chi connectivity index (χ3v) is 5.31. The summed E-state index contributed by atoms with van der Waals surface area (Å²) < 4.78 is 13.3. The molecule has 0 saturated carbocycles. The number of hydrogen-bond donors (Lipinski definition) is 2. The number of H-pyrrole nitrogens is 1. The van der Waals surface area contributed by atoms with Crippen LogP contribution in [0.4, 0.5) is 11.6 Å². The summed E-state index contributed by atoms with van der Waals surface area (Å²) in [5, 5.41) is 8.29. The summed E-state index contributed by atoms with van der Waals surface area (Å²) in [6, 6.07) is 0. The molecular formula is C19H22ClN7O3. The normalized spacial score (nSPS) is 18.7. The molecule has 30 heavy (non-hydrogen) atoms. The van der Waals surface area contributed by atoms with Crippen LogP contribution >= 0.6 is 11.6 Å². The number of rotatable bonds is 7. The molecule has 0 radical (unpaired) electrons. The summed E-state index contributed by atoms with van der Waals surface area (Å²) in [6.07, 6.45) is 6.28. The number of methoxy groups -OCH3 is 1. The number of nitrogens with zero attached hydrogens (tertiary/aromatic N) is 5. The zero-order valence-electron chi connectivity index (χ0n) is 16.6. The lowest BCUT2D eigenvalue weighted by molar-refractivity contribution is -0.125. The Morgan fingerprint density at radius 1 is 1.47 bits per heavy atom. The van der Waals surface area contributed by atoms with Crippen LogP contribution in [0.1, 0.15) is 0 Å². The van der Waals surface area contributed by atoms with Crippen molar-refractivity contribution < 1.29 is 14.3 Å². The Kier molecular flexibility index (Phi) is 5.60. The van der Waals surface area contributed by atoms with E-state index in [-0.39, 0.29) is 17.9 Å². The summed E-state index contributed by atoms with van der Waals surface area (Å²) in [5.41, 5.74) is 1.30. The zero-order valence-corrected chi connectivity index (χ0v) is 17.4. The van der Waals surface area contributed by atoms with Crippen molar-refractivity contribution in [2.75, 3.05) is 32.1 Å². The number of carbonyl (C=O) groups is 1. The van der Waals surface area contributed by atoms with Gasteiger partial charge in [0.15, 0.2) is 0 Å². The van der Waals surface area contributed by atoms with E-state index < -0.39 is 0 Å². The number of amides is 1. The van der Waals surface area contributed by atoms with Gasteiger partial charge in [-0.1, -0.05) is 18.2 Å². The highest BCUT2D eigenvalue weighted by Crippen LogP contribution is 2.32. The second kappa shape index (κ2) is 8.33. The number of halogens is 1. The Hall–Kier alpha value is -3.11. The minimum absolute atomic E-state index is 0.0173. The topological polar surface area (TPSA) is 110 Å². The van der Waals surface area contributed by atoms with E-state index in [1.165, 1.54) is 6.08 Å². The molecule has 1 saturated heterocycles. The molecule has 158 valence electrons. The molecule has 1 amide bonds. The SMILES string of the molecule is C=CC(=O)N1C[C@H](COc2nc(Nc3cnn(C)c3)nc3[nH]cc(Cl)c23)[C@@H](OC)C1. The van der Waals surface area contributed by atoms with Gasteiger partial charge in [0, 0.05) is 45.6 Å². The Morgan fingerprint density at radius 3 is 3.00 bits per heavy atom. The van der Waals surface area contributed by atoms with E-state index in [0.717, 1.165) is 5.69 Å². The van der Waals surface area contributed by atoms with Crippen LogP contribution in [0.25, 0.3) is 11.0 Å². The molecule has 10 nitrogen and oxygen atoms in total. The van der Waals surface area contributed by atoms with Crippen molar-refractivity contribution in [3.8, 4) is 5.88 Å². The van der Waals surface area contributed by atoms with E-state index in [0.29, 0.717) is 47.6 Å². The van der Waals surface area contributed by atoms with Crippen LogP contribution in [0, 0.1) is 5.92 Å². The molecule has 3 aromatic heterocycles. The lowest BCUT2D eigenvalue weighted by Crippen LogP contribution is -2.28. The van der Waals surface area contributed by atoms with Crippen LogP contribution in [0.5, 0.6) is 5.88 Å². The molecule has 3 aromatic rings. The number of nitrogens with one attached hydrogen (secondary N) is 2. The van der Waals surface area contributed by atoms with Crippen LogP contribution in [0.15, 0.2) is 31.2 Å². The summed E-state index contributed by atoms with van der Waals surface area (Å²) in [6.45, 7) is 4.86. The molecule has 0 spiro atoms. The van der Waals surface area contributed by atoms with Crippen molar-refractivity contribution in [2.45, 2.75) is 6.10 Å². The average Bonchev–Trinajstić information content (AvgIpc) is 3.44. The third kappa shape index (κ3) is 3.96. The third-order valence-electron chi connectivity index (χ3n) is 5.02. The molecule has 11 heteroatoms. The highest BCUT2D eigenvalue weighted by Gasteiger charge is 2.35. The number of aromatic nitrogens is 5. The van der Waals surface area contributed by atoms with Crippen molar-refractivity contribution in [1.82, 2.24) is 29.6 Å². The number of likely N-dealkylation sites (tertiary alicyclic amines) is 1. The molecule has 4 heterocycles. The highest BCUT2D eigenvalue weighted by molar-refractivity contribution is 6.35.